The first-order valence-corrected chi connectivity index (χ1v) is 19.1. The van der Waals surface area contributed by atoms with Crippen molar-refractivity contribution in [3.8, 4) is 0 Å². The van der Waals surface area contributed by atoms with E-state index in [4.69, 9.17) is 0 Å². The van der Waals surface area contributed by atoms with Crippen LogP contribution in [-0.2, 0) is 0 Å². The minimum atomic E-state index is -0.0156. The molecule has 0 radical (unpaired) electrons. The van der Waals surface area contributed by atoms with Crippen LogP contribution in [0.4, 0.5) is 0 Å². The Morgan fingerprint density at radius 1 is 0.618 bits per heavy atom. The first kappa shape index (κ1) is 26.1. The summed E-state index contributed by atoms with van der Waals surface area (Å²) < 4.78 is 5.62. The van der Waals surface area contributed by atoms with E-state index in [9.17, 15) is 0 Å². The van der Waals surface area contributed by atoms with Crippen molar-refractivity contribution in [3.05, 3.63) is 64.8 Å². The van der Waals surface area contributed by atoms with E-state index in [2.05, 4.69) is 101 Å². The number of hydrogen-bond acceptors (Lipinski definition) is 8. The van der Waals surface area contributed by atoms with Gasteiger partial charge in [-0.05, 0) is 110 Å². The summed E-state index contributed by atoms with van der Waals surface area (Å²) in [7, 11) is 0. The molecule has 8 heteroatoms. The molecule has 2 aromatic heterocycles. The number of thiophene rings is 2. The van der Waals surface area contributed by atoms with E-state index < -0.39 is 0 Å². The van der Waals surface area contributed by atoms with E-state index >= 15 is 0 Å². The number of fused-ring (bicyclic) bond motifs is 3. The molecule has 1 aliphatic carbocycles. The van der Waals surface area contributed by atoms with Gasteiger partial charge in [-0.25, -0.2) is 0 Å². The maximum atomic E-state index is 2.51. The van der Waals surface area contributed by atoms with Crippen LogP contribution in [0.3, 0.4) is 0 Å². The molecular weight excluding hydrogens is 569 g/mol. The fraction of sp³-hybridized carbons (Fsp3) is 0.385. The largest absolute Gasteiger partial charge is 0.134 e. The minimum absolute atomic E-state index is 0.0156. The summed E-state index contributed by atoms with van der Waals surface area (Å²) in [5, 5.41) is 0. The molecule has 0 saturated heterocycles. The maximum Gasteiger partial charge on any atom is 0.0627 e. The van der Waals surface area contributed by atoms with Gasteiger partial charge >= 0.3 is 0 Å². The minimum Gasteiger partial charge on any atom is -0.134 e. The zero-order valence-electron chi connectivity index (χ0n) is 20.6. The molecule has 180 valence electrons. The lowest BCUT2D eigenvalue weighted by molar-refractivity contribution is 0.625. The van der Waals surface area contributed by atoms with E-state index in [0.29, 0.717) is 0 Å². The maximum absolute atomic E-state index is 2.51. The summed E-state index contributed by atoms with van der Waals surface area (Å²) >= 11 is 15.5. The smallest absolute Gasteiger partial charge is 0.0627 e. The van der Waals surface area contributed by atoms with Gasteiger partial charge < -0.3 is 0 Å². The van der Waals surface area contributed by atoms with Gasteiger partial charge in [0.1, 0.15) is 0 Å². The lowest BCUT2D eigenvalue weighted by atomic mass is 9.69. The van der Waals surface area contributed by atoms with Crippen LogP contribution in [0.1, 0.15) is 34.7 Å². The van der Waals surface area contributed by atoms with Crippen LogP contribution < -0.4 is 0 Å². The van der Waals surface area contributed by atoms with Crippen LogP contribution in [-0.4, -0.2) is 34.5 Å². The molecule has 2 atom stereocenters. The van der Waals surface area contributed by atoms with E-state index in [1.807, 2.05) is 69.7 Å². The first-order valence-electron chi connectivity index (χ1n) is 10.9. The Kier molecular flexibility index (Phi) is 7.40. The van der Waals surface area contributed by atoms with E-state index in [1.165, 1.54) is 60.1 Å². The zero-order valence-corrected chi connectivity index (χ0v) is 27.1. The Labute approximate surface area is 237 Å². The summed E-state index contributed by atoms with van der Waals surface area (Å²) in [6, 6.07) is 4.90. The Bertz CT molecular complexity index is 1200. The normalized spacial score (nSPS) is 26.2. The average molecular weight is 597 g/mol. The molecule has 4 heterocycles. The molecule has 0 fully saturated rings. The molecule has 2 aliphatic heterocycles. The molecule has 0 nitrogen and oxygen atoms in total. The van der Waals surface area contributed by atoms with Gasteiger partial charge in [-0.2, -0.15) is 0 Å². The van der Waals surface area contributed by atoms with E-state index in [1.54, 1.807) is 0 Å². The molecule has 0 spiro atoms. The van der Waals surface area contributed by atoms with E-state index in [-0.39, 0.29) is 9.49 Å². The summed E-state index contributed by atoms with van der Waals surface area (Å²) in [5.74, 6) is 0. The average Bonchev–Trinajstić information content (AvgIpc) is 3.56. The van der Waals surface area contributed by atoms with Crippen LogP contribution in [0.25, 0.3) is 11.1 Å². The highest BCUT2D eigenvalue weighted by atomic mass is 32.2. The molecule has 0 bridgehead atoms. The Morgan fingerprint density at radius 3 is 1.29 bits per heavy atom. The lowest BCUT2D eigenvalue weighted by Crippen LogP contribution is -2.47. The topological polar surface area (TPSA) is 0 Å². The molecule has 34 heavy (non-hydrogen) atoms. The van der Waals surface area contributed by atoms with Crippen molar-refractivity contribution >= 4 is 104 Å². The molecular formula is C26H28S8. The third-order valence-electron chi connectivity index (χ3n) is 6.99. The van der Waals surface area contributed by atoms with E-state index in [0.717, 1.165) is 0 Å². The molecule has 0 saturated carbocycles. The molecule has 0 aromatic carbocycles. The number of thioether (sulfide) groups is 6. The predicted octanol–water partition coefficient (Wildman–Crippen LogP) is 10.5. The van der Waals surface area contributed by atoms with Gasteiger partial charge in [0.2, 0.25) is 0 Å². The predicted molar refractivity (Wildman–Crippen MR) is 171 cm³/mol. The van der Waals surface area contributed by atoms with Crippen molar-refractivity contribution in [2.24, 2.45) is 0 Å². The quantitative estimate of drug-likeness (QED) is 0.302. The van der Waals surface area contributed by atoms with Gasteiger partial charge in [-0.3, -0.25) is 0 Å². The monoisotopic (exact) mass is 596 g/mol. The summed E-state index contributed by atoms with van der Waals surface area (Å²) in [6.45, 7) is 9.61. The van der Waals surface area contributed by atoms with Gasteiger partial charge in [-0.1, -0.05) is 0 Å². The molecule has 0 N–H and O–H groups in total. The molecule has 2 unspecified atom stereocenters. The van der Waals surface area contributed by atoms with Crippen LogP contribution in [0.2, 0.25) is 0 Å². The van der Waals surface area contributed by atoms with Crippen molar-refractivity contribution in [3.63, 3.8) is 0 Å². The second-order valence-electron chi connectivity index (χ2n) is 8.66. The molecule has 0 amide bonds. The van der Waals surface area contributed by atoms with Gasteiger partial charge in [0.15, 0.2) is 0 Å². The third kappa shape index (κ3) is 3.84. The van der Waals surface area contributed by atoms with Gasteiger partial charge in [-0.15, -0.1) is 93.2 Å². The SMILES string of the molecule is CSC1=CC2=C(c3cc(SC)sc3C)C(c3cc(SC)sc3C)=C3C=C(SC)SC3(C)C2(C)S1. The Balaban J connectivity index is 1.92. The van der Waals surface area contributed by atoms with Crippen molar-refractivity contribution in [2.45, 2.75) is 45.6 Å². The molecule has 3 aliphatic rings. The highest BCUT2D eigenvalue weighted by Crippen LogP contribution is 2.71. The van der Waals surface area contributed by atoms with Crippen LogP contribution in [0.15, 0.2) is 52.3 Å². The second kappa shape index (κ2) is 9.64. The molecule has 5 rings (SSSR count). The number of rotatable bonds is 6. The van der Waals surface area contributed by atoms with Gasteiger partial charge in [0, 0.05) is 18.2 Å². The van der Waals surface area contributed by atoms with Gasteiger partial charge in [0.25, 0.3) is 0 Å². The molecule has 2 aromatic rings. The van der Waals surface area contributed by atoms with Crippen LogP contribution in [0.5, 0.6) is 0 Å². The highest BCUT2D eigenvalue weighted by molar-refractivity contribution is 8.25. The van der Waals surface area contributed by atoms with Crippen molar-refractivity contribution in [2.75, 3.05) is 25.0 Å². The number of hydrogen-bond donors (Lipinski definition) is 0. The van der Waals surface area contributed by atoms with Gasteiger partial charge in [0.05, 0.1) is 17.9 Å². The zero-order chi connectivity index (χ0) is 24.4. The summed E-state index contributed by atoms with van der Waals surface area (Å²) in [6.07, 6.45) is 13.9. The second-order valence-corrected chi connectivity index (χ2v) is 18.5. The van der Waals surface area contributed by atoms with Crippen LogP contribution >= 0.6 is 93.2 Å². The third-order valence-corrected chi connectivity index (χ3v) is 16.6. The van der Waals surface area contributed by atoms with Crippen molar-refractivity contribution < 1.29 is 0 Å². The fourth-order valence-electron chi connectivity index (χ4n) is 5.05. The van der Waals surface area contributed by atoms with Crippen molar-refractivity contribution in [1.82, 2.24) is 0 Å². The summed E-state index contributed by atoms with van der Waals surface area (Å²) in [4.78, 5) is 2.84. The summed E-state index contributed by atoms with van der Waals surface area (Å²) in [5.41, 5.74) is 8.80. The fourth-order valence-corrected chi connectivity index (χ4v) is 13.1. The van der Waals surface area contributed by atoms with Crippen LogP contribution in [0, 0.1) is 13.8 Å². The first-order chi connectivity index (χ1) is 16.2. The highest BCUT2D eigenvalue weighted by Gasteiger charge is 2.59. The number of allylic oxidation sites excluding steroid dienone is 4. The number of aryl methyl sites for hydroxylation is 2. The van der Waals surface area contributed by atoms with Crippen molar-refractivity contribution in [1.29, 1.82) is 0 Å². The Hall–Kier alpha value is 0.460. The Morgan fingerprint density at radius 2 is 1.00 bits per heavy atom. The standard InChI is InChI=1S/C26H28S8/c1-13-15(9-19(27-5)31-13)23-17-11-21(29-7)33-25(17,3)26(4)18(12-22(30-8)34-26)24(23)16-10-20(28-6)32-14(16)2/h9-12H,1-8H3. The lowest BCUT2D eigenvalue weighted by Gasteiger charge is -2.47.